The van der Waals surface area contributed by atoms with Crippen LogP contribution in [-0.4, -0.2) is 59.1 Å². The van der Waals surface area contributed by atoms with Gasteiger partial charge in [-0.3, -0.25) is 29.4 Å². The Bertz CT molecular complexity index is 1560. The smallest absolute Gasteiger partial charge is 0.343 e. The number of nitro benzene ring substituents is 1. The minimum absolute atomic E-state index is 0.149. The second-order valence-corrected chi connectivity index (χ2v) is 9.30. The van der Waals surface area contributed by atoms with E-state index in [2.05, 4.69) is 0 Å². The van der Waals surface area contributed by atoms with Crippen molar-refractivity contribution < 1.29 is 43.1 Å². The van der Waals surface area contributed by atoms with Gasteiger partial charge >= 0.3 is 11.9 Å². The average Bonchev–Trinajstić information content (AvgIpc) is 3.21. The van der Waals surface area contributed by atoms with Gasteiger partial charge in [-0.2, -0.15) is 0 Å². The zero-order valence-corrected chi connectivity index (χ0v) is 22.2. The first kappa shape index (κ1) is 28.6. The summed E-state index contributed by atoms with van der Waals surface area (Å²) in [5.74, 6) is -4.07. The van der Waals surface area contributed by atoms with E-state index in [-0.39, 0.29) is 22.4 Å². The van der Waals surface area contributed by atoms with Crippen LogP contribution in [-0.2, 0) is 9.53 Å². The molecule has 0 N–H and O–H groups in total. The summed E-state index contributed by atoms with van der Waals surface area (Å²) in [6, 6.07) is 14.2. The van der Waals surface area contributed by atoms with E-state index in [9.17, 15) is 34.1 Å². The number of methoxy groups -OCH3 is 1. The van der Waals surface area contributed by atoms with E-state index >= 15 is 0 Å². The van der Waals surface area contributed by atoms with Crippen LogP contribution < -0.4 is 9.47 Å². The molecule has 12 heteroatoms. The molecule has 4 rings (SSSR count). The zero-order valence-electron chi connectivity index (χ0n) is 22.2. The topological polar surface area (TPSA) is 159 Å². The maximum Gasteiger partial charge on any atom is 0.343 e. The summed E-state index contributed by atoms with van der Waals surface area (Å²) in [6.07, 6.45) is 0. The van der Waals surface area contributed by atoms with Crippen LogP contribution in [0.4, 0.5) is 5.69 Å². The minimum Gasteiger partial charge on any atom is -0.497 e. The molecule has 0 spiro atoms. The first-order chi connectivity index (χ1) is 19.5. The zero-order chi connectivity index (χ0) is 29.8. The third-order valence-electron chi connectivity index (χ3n) is 6.31. The van der Waals surface area contributed by atoms with E-state index in [1.807, 2.05) is 0 Å². The van der Waals surface area contributed by atoms with Gasteiger partial charge in [0.25, 0.3) is 17.5 Å². The number of benzene rings is 3. The van der Waals surface area contributed by atoms with Crippen LogP contribution in [0.25, 0.3) is 0 Å². The molecule has 0 aromatic heterocycles. The summed E-state index contributed by atoms with van der Waals surface area (Å²) in [7, 11) is 1.47. The number of ketones is 1. The number of amides is 2. The Kier molecular flexibility index (Phi) is 8.22. The van der Waals surface area contributed by atoms with Crippen molar-refractivity contribution >= 4 is 35.2 Å². The molecule has 0 fully saturated rings. The number of imide groups is 1. The van der Waals surface area contributed by atoms with Gasteiger partial charge in [0, 0.05) is 11.6 Å². The number of esters is 2. The molecule has 210 valence electrons. The molecule has 0 saturated heterocycles. The number of ether oxygens (including phenoxy) is 3. The molecule has 1 heterocycles. The van der Waals surface area contributed by atoms with E-state index in [4.69, 9.17) is 14.2 Å². The number of fused-ring (bicyclic) bond motifs is 1. The van der Waals surface area contributed by atoms with Gasteiger partial charge in [0.2, 0.25) is 0 Å². The van der Waals surface area contributed by atoms with Crippen molar-refractivity contribution in [3.8, 4) is 11.5 Å². The minimum atomic E-state index is -1.42. The SMILES string of the molecule is COc1cccc(C(=O)Oc2ccc(C(=O)COC(=O)[C@H](C(C)C)N3C(=O)c4cccc([N+](=O)[O-])c4C3=O)cc2)c1. The Morgan fingerprint density at radius 1 is 0.902 bits per heavy atom. The number of carbonyl (C=O) groups excluding carboxylic acids is 5. The van der Waals surface area contributed by atoms with Gasteiger partial charge in [-0.25, -0.2) is 9.59 Å². The fraction of sp³-hybridized carbons (Fsp3) is 0.207. The molecular formula is C29H24N2O10. The highest BCUT2D eigenvalue weighted by atomic mass is 16.6. The molecule has 1 aliphatic heterocycles. The van der Waals surface area contributed by atoms with Crippen molar-refractivity contribution in [3.05, 3.63) is 99.1 Å². The van der Waals surface area contributed by atoms with Crippen molar-refractivity contribution in [1.29, 1.82) is 0 Å². The van der Waals surface area contributed by atoms with E-state index in [1.165, 1.54) is 49.6 Å². The van der Waals surface area contributed by atoms with E-state index in [0.29, 0.717) is 10.6 Å². The van der Waals surface area contributed by atoms with Crippen molar-refractivity contribution in [2.24, 2.45) is 5.92 Å². The highest BCUT2D eigenvalue weighted by Crippen LogP contribution is 2.33. The molecule has 1 aliphatic rings. The number of Topliss-reactive ketones (excluding diaryl/α,β-unsaturated/α-hetero) is 1. The Morgan fingerprint density at radius 3 is 2.22 bits per heavy atom. The molecule has 0 unspecified atom stereocenters. The van der Waals surface area contributed by atoms with Gasteiger partial charge in [0.1, 0.15) is 23.1 Å². The van der Waals surface area contributed by atoms with Gasteiger partial charge in [-0.15, -0.1) is 0 Å². The third-order valence-corrected chi connectivity index (χ3v) is 6.31. The predicted molar refractivity (Wildman–Crippen MR) is 142 cm³/mol. The summed E-state index contributed by atoms with van der Waals surface area (Å²) >= 11 is 0. The van der Waals surface area contributed by atoms with Crippen LogP contribution in [0.2, 0.25) is 0 Å². The number of nitrogens with zero attached hydrogens (tertiary/aromatic N) is 2. The maximum atomic E-state index is 13.1. The van der Waals surface area contributed by atoms with Gasteiger partial charge in [-0.1, -0.05) is 26.0 Å². The number of nitro groups is 1. The van der Waals surface area contributed by atoms with Crippen LogP contribution in [0.15, 0.2) is 66.7 Å². The lowest BCUT2D eigenvalue weighted by Crippen LogP contribution is -2.49. The number of rotatable bonds is 10. The van der Waals surface area contributed by atoms with E-state index in [0.717, 1.165) is 6.07 Å². The molecule has 0 radical (unpaired) electrons. The molecule has 0 aliphatic carbocycles. The normalized spacial score (nSPS) is 13.0. The van der Waals surface area contributed by atoms with Crippen molar-refractivity contribution in [1.82, 2.24) is 4.90 Å². The quantitative estimate of drug-likeness (QED) is 0.0889. The van der Waals surface area contributed by atoms with E-state index in [1.54, 1.807) is 32.0 Å². The van der Waals surface area contributed by atoms with Crippen LogP contribution >= 0.6 is 0 Å². The molecule has 3 aromatic carbocycles. The number of hydrogen-bond donors (Lipinski definition) is 0. The monoisotopic (exact) mass is 560 g/mol. The molecular weight excluding hydrogens is 536 g/mol. The molecule has 0 bridgehead atoms. The lowest BCUT2D eigenvalue weighted by Gasteiger charge is -2.27. The molecule has 12 nitrogen and oxygen atoms in total. The standard InChI is InChI=1S/C29H24N2O10/c1-16(2)25(30-26(33)21-8-5-9-22(31(37)38)24(21)27(30)34)29(36)40-15-23(32)17-10-12-19(13-11-17)41-28(35)18-6-4-7-20(14-18)39-3/h4-14,16,25H,15H2,1-3H3/t25-/m0/s1. The summed E-state index contributed by atoms with van der Waals surface area (Å²) in [5.41, 5.74) is -0.720. The van der Waals surface area contributed by atoms with Gasteiger partial charge in [0.05, 0.1) is 23.2 Å². The molecule has 0 saturated carbocycles. The maximum absolute atomic E-state index is 13.1. The van der Waals surface area contributed by atoms with Crippen LogP contribution in [0.1, 0.15) is 55.3 Å². The van der Waals surface area contributed by atoms with Gasteiger partial charge in [-0.05, 0) is 54.4 Å². The Morgan fingerprint density at radius 2 is 1.59 bits per heavy atom. The van der Waals surface area contributed by atoms with E-state index < -0.39 is 64.3 Å². The fourth-order valence-corrected chi connectivity index (χ4v) is 4.30. The summed E-state index contributed by atoms with van der Waals surface area (Å²) in [4.78, 5) is 75.4. The van der Waals surface area contributed by atoms with Crippen LogP contribution in [0.3, 0.4) is 0 Å². The molecule has 3 aromatic rings. The van der Waals surface area contributed by atoms with Crippen molar-refractivity contribution in [2.45, 2.75) is 19.9 Å². The Labute approximate surface area is 233 Å². The highest BCUT2D eigenvalue weighted by Gasteiger charge is 2.48. The summed E-state index contributed by atoms with van der Waals surface area (Å²) in [5, 5.41) is 11.4. The fourth-order valence-electron chi connectivity index (χ4n) is 4.30. The molecule has 41 heavy (non-hydrogen) atoms. The van der Waals surface area contributed by atoms with Crippen LogP contribution in [0.5, 0.6) is 11.5 Å². The predicted octanol–water partition coefficient (Wildman–Crippen LogP) is 3.87. The first-order valence-electron chi connectivity index (χ1n) is 12.3. The average molecular weight is 561 g/mol. The summed E-state index contributed by atoms with van der Waals surface area (Å²) in [6.45, 7) is 2.43. The molecule has 2 amide bonds. The second-order valence-electron chi connectivity index (χ2n) is 9.30. The first-order valence-corrected chi connectivity index (χ1v) is 12.3. The van der Waals surface area contributed by atoms with Crippen LogP contribution in [0, 0.1) is 16.0 Å². The Balaban J connectivity index is 1.41. The Hall–Kier alpha value is -5.39. The largest absolute Gasteiger partial charge is 0.497 e. The second kappa shape index (κ2) is 11.8. The number of carbonyl (C=O) groups is 5. The molecule has 1 atom stereocenters. The summed E-state index contributed by atoms with van der Waals surface area (Å²) < 4.78 is 15.6. The highest BCUT2D eigenvalue weighted by molar-refractivity contribution is 6.24. The van der Waals surface area contributed by atoms with Gasteiger partial charge < -0.3 is 14.2 Å². The number of hydrogen-bond acceptors (Lipinski definition) is 10. The third kappa shape index (κ3) is 5.81. The lowest BCUT2D eigenvalue weighted by atomic mass is 10.0. The van der Waals surface area contributed by atoms with Gasteiger partial charge in [0.15, 0.2) is 12.4 Å². The lowest BCUT2D eigenvalue weighted by molar-refractivity contribution is -0.385. The van der Waals surface area contributed by atoms with Crippen molar-refractivity contribution in [2.75, 3.05) is 13.7 Å². The van der Waals surface area contributed by atoms with Crippen molar-refractivity contribution in [3.63, 3.8) is 0 Å².